The summed E-state index contributed by atoms with van der Waals surface area (Å²) in [4.78, 5) is 10.8. The Bertz CT molecular complexity index is 302. The lowest BCUT2D eigenvalue weighted by Crippen LogP contribution is -2.28. The van der Waals surface area contributed by atoms with E-state index < -0.39 is 16.0 Å². The van der Waals surface area contributed by atoms with Crippen LogP contribution in [0.2, 0.25) is 0 Å². The molecule has 102 valence electrons. The summed E-state index contributed by atoms with van der Waals surface area (Å²) in [5.74, 6) is -0.451. The number of sulfonamides is 1. The molecule has 0 amide bonds. The molecule has 0 saturated carbocycles. The lowest BCUT2D eigenvalue weighted by atomic mass is 10.3. The number of nitrogens with one attached hydrogen (secondary N) is 1. The number of methoxy groups -OCH3 is 1. The van der Waals surface area contributed by atoms with E-state index in [1.807, 2.05) is 6.92 Å². The number of rotatable bonds is 10. The van der Waals surface area contributed by atoms with E-state index in [-0.39, 0.29) is 18.6 Å². The first kappa shape index (κ1) is 16.3. The van der Waals surface area contributed by atoms with Gasteiger partial charge in [0.05, 0.1) is 12.9 Å². The number of esters is 1. The van der Waals surface area contributed by atoms with E-state index in [2.05, 4.69) is 9.46 Å². The van der Waals surface area contributed by atoms with Gasteiger partial charge in [-0.3, -0.25) is 4.79 Å². The van der Waals surface area contributed by atoms with Crippen LogP contribution in [-0.2, 0) is 24.3 Å². The van der Waals surface area contributed by atoms with Crippen molar-refractivity contribution in [2.75, 3.05) is 32.6 Å². The fourth-order valence-corrected chi connectivity index (χ4v) is 2.25. The summed E-state index contributed by atoms with van der Waals surface area (Å²) in [5.41, 5.74) is 0. The SMILES string of the molecule is CCOCCCNS(=O)(=O)CCCC(=O)OC. The molecule has 0 heterocycles. The highest BCUT2D eigenvalue weighted by molar-refractivity contribution is 7.89. The molecule has 0 aliphatic rings. The standard InChI is InChI=1S/C10H21NO5S/c1-3-16-8-5-7-11-17(13,14)9-4-6-10(12)15-2/h11H,3-9H2,1-2H3. The van der Waals surface area contributed by atoms with E-state index in [9.17, 15) is 13.2 Å². The van der Waals surface area contributed by atoms with Crippen LogP contribution in [0, 0.1) is 0 Å². The largest absolute Gasteiger partial charge is 0.469 e. The molecule has 0 aromatic rings. The molecule has 0 unspecified atom stereocenters. The van der Waals surface area contributed by atoms with Crippen LogP contribution in [0.25, 0.3) is 0 Å². The molecule has 0 spiro atoms. The summed E-state index contributed by atoms with van der Waals surface area (Å²) < 4.78 is 34.8. The van der Waals surface area contributed by atoms with Crippen LogP contribution in [0.15, 0.2) is 0 Å². The van der Waals surface area contributed by atoms with Crippen molar-refractivity contribution in [2.24, 2.45) is 0 Å². The third-order valence-corrected chi connectivity index (χ3v) is 3.48. The van der Waals surface area contributed by atoms with Crippen LogP contribution in [-0.4, -0.2) is 47.0 Å². The summed E-state index contributed by atoms with van der Waals surface area (Å²) in [6.07, 6.45) is 1.04. The molecule has 0 atom stereocenters. The van der Waals surface area contributed by atoms with Crippen LogP contribution >= 0.6 is 0 Å². The first-order valence-corrected chi connectivity index (χ1v) is 7.29. The molecule has 0 bridgehead atoms. The van der Waals surface area contributed by atoms with Crippen molar-refractivity contribution < 1.29 is 22.7 Å². The van der Waals surface area contributed by atoms with Crippen molar-refractivity contribution in [3.05, 3.63) is 0 Å². The highest BCUT2D eigenvalue weighted by Gasteiger charge is 2.10. The second-order valence-corrected chi connectivity index (χ2v) is 5.37. The summed E-state index contributed by atoms with van der Waals surface area (Å²) in [6, 6.07) is 0. The van der Waals surface area contributed by atoms with Gasteiger partial charge in [-0.05, 0) is 19.8 Å². The van der Waals surface area contributed by atoms with Crippen molar-refractivity contribution >= 4 is 16.0 Å². The van der Waals surface area contributed by atoms with Crippen molar-refractivity contribution in [3.8, 4) is 0 Å². The summed E-state index contributed by atoms with van der Waals surface area (Å²) >= 11 is 0. The zero-order valence-corrected chi connectivity index (χ0v) is 11.2. The van der Waals surface area contributed by atoms with Gasteiger partial charge in [-0.25, -0.2) is 13.1 Å². The van der Waals surface area contributed by atoms with Gasteiger partial charge in [0, 0.05) is 26.2 Å². The van der Waals surface area contributed by atoms with Crippen molar-refractivity contribution in [1.82, 2.24) is 4.72 Å². The van der Waals surface area contributed by atoms with E-state index in [0.717, 1.165) is 0 Å². The molecule has 0 fully saturated rings. The molecule has 17 heavy (non-hydrogen) atoms. The molecule has 1 N–H and O–H groups in total. The van der Waals surface area contributed by atoms with Crippen LogP contribution < -0.4 is 4.72 Å². The smallest absolute Gasteiger partial charge is 0.305 e. The molecular weight excluding hydrogens is 246 g/mol. The highest BCUT2D eigenvalue weighted by atomic mass is 32.2. The lowest BCUT2D eigenvalue weighted by Gasteiger charge is -2.06. The number of hydrogen-bond acceptors (Lipinski definition) is 5. The second kappa shape index (κ2) is 9.38. The molecule has 7 heteroatoms. The van der Waals surface area contributed by atoms with E-state index in [4.69, 9.17) is 4.74 Å². The number of carbonyl (C=O) groups is 1. The van der Waals surface area contributed by atoms with Gasteiger partial charge in [0.25, 0.3) is 0 Å². The second-order valence-electron chi connectivity index (χ2n) is 3.44. The van der Waals surface area contributed by atoms with E-state index in [0.29, 0.717) is 26.2 Å². The third kappa shape index (κ3) is 10.2. The van der Waals surface area contributed by atoms with E-state index >= 15 is 0 Å². The molecule has 0 saturated heterocycles. The van der Waals surface area contributed by atoms with Gasteiger partial charge in [0.1, 0.15) is 0 Å². The quantitative estimate of drug-likeness (QED) is 0.454. The Labute approximate surface area is 103 Å². The number of ether oxygens (including phenoxy) is 2. The van der Waals surface area contributed by atoms with Gasteiger partial charge < -0.3 is 9.47 Å². The van der Waals surface area contributed by atoms with Crippen molar-refractivity contribution in [2.45, 2.75) is 26.2 Å². The Hall–Kier alpha value is -0.660. The third-order valence-electron chi connectivity index (χ3n) is 2.01. The van der Waals surface area contributed by atoms with Gasteiger partial charge in [-0.2, -0.15) is 0 Å². The molecule has 0 radical (unpaired) electrons. The average Bonchev–Trinajstić information content (AvgIpc) is 2.28. The van der Waals surface area contributed by atoms with Crippen LogP contribution in [0.4, 0.5) is 0 Å². The fraction of sp³-hybridized carbons (Fsp3) is 0.900. The molecule has 0 aliphatic carbocycles. The molecule has 0 aromatic heterocycles. The van der Waals surface area contributed by atoms with Gasteiger partial charge in [-0.1, -0.05) is 0 Å². The molecule has 6 nitrogen and oxygen atoms in total. The van der Waals surface area contributed by atoms with Crippen molar-refractivity contribution in [1.29, 1.82) is 0 Å². The summed E-state index contributed by atoms with van der Waals surface area (Å²) in [7, 11) is -2.01. The number of hydrogen-bond donors (Lipinski definition) is 1. The topological polar surface area (TPSA) is 81.7 Å². The first-order valence-electron chi connectivity index (χ1n) is 5.63. The zero-order chi connectivity index (χ0) is 13.1. The monoisotopic (exact) mass is 267 g/mol. The number of carbonyl (C=O) groups excluding carboxylic acids is 1. The van der Waals surface area contributed by atoms with Crippen LogP contribution in [0.5, 0.6) is 0 Å². The maximum atomic E-state index is 11.4. The maximum Gasteiger partial charge on any atom is 0.305 e. The van der Waals surface area contributed by atoms with Gasteiger partial charge in [0.15, 0.2) is 0 Å². The lowest BCUT2D eigenvalue weighted by molar-refractivity contribution is -0.140. The Balaban J connectivity index is 3.62. The minimum Gasteiger partial charge on any atom is -0.469 e. The zero-order valence-electron chi connectivity index (χ0n) is 10.4. The predicted octanol–water partition coefficient (Wildman–Crippen LogP) is 0.286. The Morgan fingerprint density at radius 2 is 2.00 bits per heavy atom. The molecule has 0 rings (SSSR count). The minimum atomic E-state index is -3.29. The highest BCUT2D eigenvalue weighted by Crippen LogP contribution is 1.96. The van der Waals surface area contributed by atoms with Gasteiger partial charge >= 0.3 is 5.97 Å². The Kier molecular flexibility index (Phi) is 9.01. The summed E-state index contributed by atoms with van der Waals surface area (Å²) in [6.45, 7) is 3.42. The van der Waals surface area contributed by atoms with Gasteiger partial charge in [0.2, 0.25) is 10.0 Å². The van der Waals surface area contributed by atoms with Crippen LogP contribution in [0.1, 0.15) is 26.2 Å². The minimum absolute atomic E-state index is 0.0588. The van der Waals surface area contributed by atoms with Crippen molar-refractivity contribution in [3.63, 3.8) is 0 Å². The molecule has 0 aromatic carbocycles. The van der Waals surface area contributed by atoms with E-state index in [1.54, 1.807) is 0 Å². The fourth-order valence-electron chi connectivity index (χ4n) is 1.13. The van der Waals surface area contributed by atoms with E-state index in [1.165, 1.54) is 7.11 Å². The van der Waals surface area contributed by atoms with Crippen LogP contribution in [0.3, 0.4) is 0 Å². The summed E-state index contributed by atoms with van der Waals surface area (Å²) in [5, 5.41) is 0. The Morgan fingerprint density at radius 1 is 1.29 bits per heavy atom. The average molecular weight is 267 g/mol. The van der Waals surface area contributed by atoms with Gasteiger partial charge in [-0.15, -0.1) is 0 Å². The molecule has 0 aliphatic heterocycles. The molecular formula is C10H21NO5S. The Morgan fingerprint density at radius 3 is 2.59 bits per heavy atom. The normalized spacial score (nSPS) is 11.4. The first-order chi connectivity index (χ1) is 8.02. The predicted molar refractivity (Wildman–Crippen MR) is 64.1 cm³/mol. The maximum absolute atomic E-state index is 11.4.